The van der Waals surface area contributed by atoms with Crippen LogP contribution in [0, 0.1) is 5.92 Å². The average molecular weight is 270 g/mol. The van der Waals surface area contributed by atoms with Crippen LogP contribution in [0.25, 0.3) is 0 Å². The summed E-state index contributed by atoms with van der Waals surface area (Å²) in [5.41, 5.74) is 1.27. The largest absolute Gasteiger partial charge is 0.478 e. The Hall–Kier alpha value is -1.03. The van der Waals surface area contributed by atoms with Gasteiger partial charge < -0.3 is 10.4 Å². The van der Waals surface area contributed by atoms with Crippen molar-refractivity contribution in [2.24, 2.45) is 5.92 Å². The maximum atomic E-state index is 10.7. The normalized spacial score (nSPS) is 23.6. The van der Waals surface area contributed by atoms with Gasteiger partial charge in [0, 0.05) is 16.2 Å². The fourth-order valence-electron chi connectivity index (χ4n) is 1.49. The van der Waals surface area contributed by atoms with Crippen LogP contribution in [0.4, 0.5) is 5.69 Å². The first-order valence-corrected chi connectivity index (χ1v) is 5.66. The highest BCUT2D eigenvalue weighted by Gasteiger charge is 2.32. The molecule has 2 rings (SSSR count). The Labute approximate surface area is 96.6 Å². The zero-order valence-electron chi connectivity index (χ0n) is 8.33. The van der Waals surface area contributed by atoms with E-state index in [9.17, 15) is 4.79 Å². The predicted octanol–water partition coefficient (Wildman–Crippen LogP) is 2.97. The number of rotatable bonds is 3. The topological polar surface area (TPSA) is 49.3 Å². The first-order valence-electron chi connectivity index (χ1n) is 4.87. The number of nitrogens with one attached hydrogen (secondary N) is 1. The standard InChI is InChI=1S/C11H12BrNO2/c1-6-4-10(6)13-9-3-2-7(11(14)15)5-8(9)12/h2-3,5-6,10,13H,4H2,1H3,(H,14,15). The van der Waals surface area contributed by atoms with E-state index in [0.717, 1.165) is 16.1 Å². The molecule has 1 aromatic carbocycles. The van der Waals surface area contributed by atoms with Crippen LogP contribution < -0.4 is 5.32 Å². The Kier molecular flexibility index (Phi) is 2.69. The molecule has 1 aliphatic carbocycles. The molecule has 0 aromatic heterocycles. The predicted molar refractivity (Wildman–Crippen MR) is 62.3 cm³/mol. The molecular weight excluding hydrogens is 258 g/mol. The van der Waals surface area contributed by atoms with Crippen molar-refractivity contribution in [1.29, 1.82) is 0 Å². The SMILES string of the molecule is CC1CC1Nc1ccc(C(=O)O)cc1Br. The van der Waals surface area contributed by atoms with Gasteiger partial charge in [-0.05, 0) is 46.5 Å². The van der Waals surface area contributed by atoms with Gasteiger partial charge in [0.2, 0.25) is 0 Å². The number of anilines is 1. The van der Waals surface area contributed by atoms with E-state index in [1.807, 2.05) is 0 Å². The molecular formula is C11H12BrNO2. The van der Waals surface area contributed by atoms with Crippen LogP contribution in [-0.4, -0.2) is 17.1 Å². The van der Waals surface area contributed by atoms with E-state index in [-0.39, 0.29) is 0 Å². The number of carboxylic acids is 1. The second-order valence-corrected chi connectivity index (χ2v) is 4.82. The maximum absolute atomic E-state index is 10.7. The first kappa shape index (κ1) is 10.5. The lowest BCUT2D eigenvalue weighted by molar-refractivity contribution is 0.0697. The van der Waals surface area contributed by atoms with Gasteiger partial charge in [0.15, 0.2) is 0 Å². The van der Waals surface area contributed by atoms with Crippen molar-refractivity contribution >= 4 is 27.6 Å². The van der Waals surface area contributed by atoms with Crippen LogP contribution in [0.15, 0.2) is 22.7 Å². The van der Waals surface area contributed by atoms with Crippen LogP contribution in [0.2, 0.25) is 0 Å². The molecule has 0 heterocycles. The van der Waals surface area contributed by atoms with Crippen molar-refractivity contribution < 1.29 is 9.90 Å². The van der Waals surface area contributed by atoms with Crippen molar-refractivity contribution in [3.63, 3.8) is 0 Å². The Bertz CT molecular complexity index is 406. The zero-order chi connectivity index (χ0) is 11.0. The van der Waals surface area contributed by atoms with Crippen molar-refractivity contribution in [2.75, 3.05) is 5.32 Å². The summed E-state index contributed by atoms with van der Waals surface area (Å²) in [7, 11) is 0. The quantitative estimate of drug-likeness (QED) is 0.887. The first-order chi connectivity index (χ1) is 7.08. The fraction of sp³-hybridized carbons (Fsp3) is 0.364. The van der Waals surface area contributed by atoms with Gasteiger partial charge in [0.1, 0.15) is 0 Å². The van der Waals surface area contributed by atoms with Crippen LogP contribution >= 0.6 is 15.9 Å². The molecule has 1 fully saturated rings. The highest BCUT2D eigenvalue weighted by molar-refractivity contribution is 9.10. The van der Waals surface area contributed by atoms with Gasteiger partial charge >= 0.3 is 5.97 Å². The van der Waals surface area contributed by atoms with Gasteiger partial charge in [-0.25, -0.2) is 4.79 Å². The smallest absolute Gasteiger partial charge is 0.335 e. The summed E-state index contributed by atoms with van der Waals surface area (Å²) in [4.78, 5) is 10.7. The molecule has 4 heteroatoms. The van der Waals surface area contributed by atoms with Gasteiger partial charge in [-0.3, -0.25) is 0 Å². The third kappa shape index (κ3) is 2.31. The van der Waals surface area contributed by atoms with Crippen molar-refractivity contribution in [3.8, 4) is 0 Å². The highest BCUT2D eigenvalue weighted by atomic mass is 79.9. The van der Waals surface area contributed by atoms with E-state index < -0.39 is 5.97 Å². The van der Waals surface area contributed by atoms with Gasteiger partial charge in [-0.1, -0.05) is 6.92 Å². The molecule has 0 radical (unpaired) electrons. The zero-order valence-corrected chi connectivity index (χ0v) is 9.91. The molecule has 1 aliphatic rings. The second-order valence-electron chi connectivity index (χ2n) is 3.96. The van der Waals surface area contributed by atoms with Crippen LogP contribution in [-0.2, 0) is 0 Å². The molecule has 15 heavy (non-hydrogen) atoms. The molecule has 3 nitrogen and oxygen atoms in total. The second kappa shape index (κ2) is 3.85. The Morgan fingerprint density at radius 1 is 1.60 bits per heavy atom. The molecule has 0 aliphatic heterocycles. The minimum atomic E-state index is -0.901. The minimum absolute atomic E-state index is 0.302. The van der Waals surface area contributed by atoms with Crippen molar-refractivity contribution in [2.45, 2.75) is 19.4 Å². The van der Waals surface area contributed by atoms with E-state index in [1.165, 1.54) is 6.42 Å². The van der Waals surface area contributed by atoms with E-state index >= 15 is 0 Å². The molecule has 2 N–H and O–H groups in total. The summed E-state index contributed by atoms with van der Waals surface area (Å²) in [6, 6.07) is 5.58. The molecule has 0 saturated heterocycles. The summed E-state index contributed by atoms with van der Waals surface area (Å²) in [5, 5.41) is 12.2. The molecule has 0 amide bonds. The third-order valence-electron chi connectivity index (χ3n) is 2.67. The molecule has 1 aromatic rings. The van der Waals surface area contributed by atoms with Crippen molar-refractivity contribution in [3.05, 3.63) is 28.2 Å². The molecule has 2 atom stereocenters. The lowest BCUT2D eigenvalue weighted by atomic mass is 10.2. The molecule has 80 valence electrons. The summed E-state index contributed by atoms with van der Waals surface area (Å²) in [6.07, 6.45) is 1.19. The molecule has 0 spiro atoms. The summed E-state index contributed by atoms with van der Waals surface area (Å²) < 4.78 is 0.807. The van der Waals surface area contributed by atoms with Gasteiger partial charge in [-0.2, -0.15) is 0 Å². The minimum Gasteiger partial charge on any atom is -0.478 e. The maximum Gasteiger partial charge on any atom is 0.335 e. The van der Waals surface area contributed by atoms with E-state index in [1.54, 1.807) is 18.2 Å². The number of aromatic carboxylic acids is 1. The van der Waals surface area contributed by atoms with Crippen LogP contribution in [0.1, 0.15) is 23.7 Å². The lowest BCUT2D eigenvalue weighted by Gasteiger charge is -2.08. The average Bonchev–Trinajstić information content (AvgIpc) is 2.85. The monoisotopic (exact) mass is 269 g/mol. The Morgan fingerprint density at radius 2 is 2.27 bits per heavy atom. The number of halogens is 1. The highest BCUT2D eigenvalue weighted by Crippen LogP contribution is 2.35. The summed E-state index contributed by atoms with van der Waals surface area (Å²) in [5.74, 6) is -0.182. The number of carbonyl (C=O) groups is 1. The van der Waals surface area contributed by atoms with Gasteiger partial charge in [0.25, 0.3) is 0 Å². The van der Waals surface area contributed by atoms with Crippen LogP contribution in [0.5, 0.6) is 0 Å². The fourth-order valence-corrected chi connectivity index (χ4v) is 1.98. The number of hydrogen-bond acceptors (Lipinski definition) is 2. The summed E-state index contributed by atoms with van der Waals surface area (Å²) in [6.45, 7) is 2.19. The molecule has 1 saturated carbocycles. The Morgan fingerprint density at radius 3 is 2.73 bits per heavy atom. The van der Waals surface area contributed by atoms with E-state index in [2.05, 4.69) is 28.2 Å². The number of carboxylic acid groups (broad SMARTS) is 1. The molecule has 0 bridgehead atoms. The lowest BCUT2D eigenvalue weighted by Crippen LogP contribution is -2.05. The van der Waals surface area contributed by atoms with E-state index in [4.69, 9.17) is 5.11 Å². The summed E-state index contributed by atoms with van der Waals surface area (Å²) >= 11 is 3.37. The molecule has 2 unspecified atom stereocenters. The third-order valence-corrected chi connectivity index (χ3v) is 3.32. The van der Waals surface area contributed by atoms with Gasteiger partial charge in [0.05, 0.1) is 5.56 Å². The van der Waals surface area contributed by atoms with Gasteiger partial charge in [-0.15, -0.1) is 0 Å². The number of hydrogen-bond donors (Lipinski definition) is 2. The number of benzene rings is 1. The van der Waals surface area contributed by atoms with Crippen molar-refractivity contribution in [1.82, 2.24) is 0 Å². The van der Waals surface area contributed by atoms with E-state index in [0.29, 0.717) is 11.6 Å². The van der Waals surface area contributed by atoms with Crippen LogP contribution in [0.3, 0.4) is 0 Å². The Balaban J connectivity index is 2.15.